The first-order chi connectivity index (χ1) is 7.16. The van der Waals surface area contributed by atoms with Gasteiger partial charge in [-0.25, -0.2) is 4.68 Å². The van der Waals surface area contributed by atoms with Gasteiger partial charge in [0.2, 0.25) is 0 Å². The first kappa shape index (κ1) is 10.5. The minimum atomic E-state index is 0.791. The van der Waals surface area contributed by atoms with E-state index < -0.39 is 0 Å². The van der Waals surface area contributed by atoms with E-state index in [1.165, 1.54) is 0 Å². The van der Waals surface area contributed by atoms with E-state index in [2.05, 4.69) is 31.2 Å². The normalized spacial score (nSPS) is 11.4. The fourth-order valence-corrected chi connectivity index (χ4v) is 2.43. The molecule has 2 aromatic heterocycles. The Kier molecular flexibility index (Phi) is 2.97. The van der Waals surface area contributed by atoms with Gasteiger partial charge >= 0.3 is 0 Å². The zero-order chi connectivity index (χ0) is 10.8. The van der Waals surface area contributed by atoms with Gasteiger partial charge in [-0.05, 0) is 41.9 Å². The lowest BCUT2D eigenvalue weighted by molar-refractivity contribution is 0.799. The minimum absolute atomic E-state index is 0.791. The number of hydrogen-bond donors (Lipinski definition) is 0. The fraction of sp³-hybridized carbons (Fsp3) is 0.222. The van der Waals surface area contributed by atoms with Crippen LogP contribution in [0.5, 0.6) is 0 Å². The molecule has 6 heteroatoms. The topological polar surface area (TPSA) is 43.1 Å². The molecule has 0 saturated carbocycles. The average molecular weight is 285 g/mol. The molecule has 0 N–H and O–H groups in total. The highest BCUT2D eigenvalue weighted by Crippen LogP contribution is 2.20. The van der Waals surface area contributed by atoms with Crippen LogP contribution in [0.15, 0.2) is 21.0 Å². The van der Waals surface area contributed by atoms with Gasteiger partial charge in [-0.1, -0.05) is 0 Å². The van der Waals surface area contributed by atoms with Crippen LogP contribution in [0.1, 0.15) is 16.5 Å². The Labute approximate surface area is 99.8 Å². The quantitative estimate of drug-likeness (QED) is 0.796. The van der Waals surface area contributed by atoms with Gasteiger partial charge in [0.1, 0.15) is 0 Å². The lowest BCUT2D eigenvalue weighted by Crippen LogP contribution is -1.95. The second-order valence-corrected chi connectivity index (χ2v) is 5.49. The summed E-state index contributed by atoms with van der Waals surface area (Å²) in [6.45, 7) is 3.75. The van der Waals surface area contributed by atoms with Crippen molar-refractivity contribution in [2.75, 3.05) is 0 Å². The molecule has 15 heavy (non-hydrogen) atoms. The van der Waals surface area contributed by atoms with E-state index in [1.54, 1.807) is 22.2 Å². The van der Waals surface area contributed by atoms with Crippen molar-refractivity contribution in [2.24, 2.45) is 5.10 Å². The Balaban J connectivity index is 2.25. The lowest BCUT2D eigenvalue weighted by Gasteiger charge is -1.95. The van der Waals surface area contributed by atoms with Gasteiger partial charge in [-0.15, -0.1) is 21.5 Å². The van der Waals surface area contributed by atoms with Gasteiger partial charge in [0, 0.05) is 4.88 Å². The Hall–Kier alpha value is -1.01. The monoisotopic (exact) mass is 284 g/mol. The molecule has 0 aromatic carbocycles. The Morgan fingerprint density at radius 2 is 2.00 bits per heavy atom. The molecule has 2 heterocycles. The van der Waals surface area contributed by atoms with Gasteiger partial charge in [0.15, 0.2) is 11.6 Å². The van der Waals surface area contributed by atoms with Crippen LogP contribution in [0.25, 0.3) is 0 Å². The highest BCUT2D eigenvalue weighted by atomic mass is 79.9. The summed E-state index contributed by atoms with van der Waals surface area (Å²) in [4.78, 5) is 1.09. The molecule has 0 unspecified atom stereocenters. The van der Waals surface area contributed by atoms with Crippen molar-refractivity contribution in [3.8, 4) is 0 Å². The summed E-state index contributed by atoms with van der Waals surface area (Å²) in [5, 5.41) is 12.2. The first-order valence-corrected chi connectivity index (χ1v) is 5.96. The molecule has 0 spiro atoms. The molecule has 2 aromatic rings. The molecular formula is C9H9BrN4S. The van der Waals surface area contributed by atoms with E-state index in [4.69, 9.17) is 0 Å². The van der Waals surface area contributed by atoms with Crippen LogP contribution in [-0.2, 0) is 0 Å². The largest absolute Gasteiger partial charge is 0.202 e. The number of rotatable bonds is 2. The van der Waals surface area contributed by atoms with Crippen molar-refractivity contribution < 1.29 is 0 Å². The second kappa shape index (κ2) is 4.24. The maximum Gasteiger partial charge on any atom is 0.151 e. The van der Waals surface area contributed by atoms with Crippen molar-refractivity contribution in [3.63, 3.8) is 0 Å². The van der Waals surface area contributed by atoms with Crippen molar-refractivity contribution in [2.45, 2.75) is 13.8 Å². The van der Waals surface area contributed by atoms with Crippen molar-refractivity contribution in [1.82, 2.24) is 14.9 Å². The van der Waals surface area contributed by atoms with Crippen LogP contribution >= 0.6 is 27.3 Å². The molecule has 0 aliphatic heterocycles. The SMILES string of the molecule is Cc1nnc(C)n1N=Cc1ccc(Br)s1. The summed E-state index contributed by atoms with van der Waals surface area (Å²) in [6, 6.07) is 4.01. The molecule has 0 saturated heterocycles. The third-order valence-electron chi connectivity index (χ3n) is 1.85. The standard InChI is InChI=1S/C9H9BrN4S/c1-6-12-13-7(2)14(6)11-5-8-3-4-9(10)15-8/h3-5H,1-2H3. The Morgan fingerprint density at radius 3 is 2.53 bits per heavy atom. The number of halogens is 1. The summed E-state index contributed by atoms with van der Waals surface area (Å²) in [6.07, 6.45) is 1.80. The molecule has 78 valence electrons. The molecule has 0 amide bonds. The zero-order valence-electron chi connectivity index (χ0n) is 8.31. The average Bonchev–Trinajstić information content (AvgIpc) is 2.73. The van der Waals surface area contributed by atoms with Crippen LogP contribution in [0.4, 0.5) is 0 Å². The van der Waals surface area contributed by atoms with Gasteiger partial charge in [-0.3, -0.25) is 0 Å². The lowest BCUT2D eigenvalue weighted by atomic mass is 10.5. The number of hydrogen-bond acceptors (Lipinski definition) is 4. The predicted octanol–water partition coefficient (Wildman–Crippen LogP) is 2.60. The van der Waals surface area contributed by atoms with Crippen LogP contribution in [0.3, 0.4) is 0 Å². The molecular weight excluding hydrogens is 276 g/mol. The molecule has 2 rings (SSSR count). The van der Waals surface area contributed by atoms with E-state index in [9.17, 15) is 0 Å². The maximum absolute atomic E-state index is 4.31. The van der Waals surface area contributed by atoms with Gasteiger partial charge in [0.05, 0.1) is 10.0 Å². The van der Waals surface area contributed by atoms with Gasteiger partial charge < -0.3 is 0 Å². The molecule has 0 aliphatic rings. The number of aryl methyl sites for hydroxylation is 2. The summed E-state index contributed by atoms with van der Waals surface area (Å²) in [5.74, 6) is 1.58. The molecule has 0 bridgehead atoms. The van der Waals surface area contributed by atoms with E-state index in [0.29, 0.717) is 0 Å². The predicted molar refractivity (Wildman–Crippen MR) is 64.5 cm³/mol. The third kappa shape index (κ3) is 2.32. The summed E-state index contributed by atoms with van der Waals surface area (Å²) in [5.41, 5.74) is 0. The van der Waals surface area contributed by atoms with E-state index in [-0.39, 0.29) is 0 Å². The van der Waals surface area contributed by atoms with E-state index in [1.807, 2.05) is 26.0 Å². The number of aromatic nitrogens is 3. The molecule has 0 fully saturated rings. The first-order valence-electron chi connectivity index (χ1n) is 4.35. The number of thiophene rings is 1. The fourth-order valence-electron chi connectivity index (χ4n) is 1.14. The van der Waals surface area contributed by atoms with Crippen molar-refractivity contribution >= 4 is 33.5 Å². The van der Waals surface area contributed by atoms with Crippen molar-refractivity contribution in [3.05, 3.63) is 32.4 Å². The molecule has 0 radical (unpaired) electrons. The van der Waals surface area contributed by atoms with E-state index in [0.717, 1.165) is 20.3 Å². The number of nitrogens with zero attached hydrogens (tertiary/aromatic N) is 4. The zero-order valence-corrected chi connectivity index (χ0v) is 10.7. The second-order valence-electron chi connectivity index (χ2n) is 2.99. The maximum atomic E-state index is 4.31. The van der Waals surface area contributed by atoms with E-state index >= 15 is 0 Å². The Morgan fingerprint density at radius 1 is 1.33 bits per heavy atom. The van der Waals surface area contributed by atoms with Crippen molar-refractivity contribution in [1.29, 1.82) is 0 Å². The van der Waals surface area contributed by atoms with Crippen LogP contribution in [-0.4, -0.2) is 21.1 Å². The molecule has 4 nitrogen and oxygen atoms in total. The summed E-state index contributed by atoms with van der Waals surface area (Å²) in [7, 11) is 0. The Bertz CT molecular complexity index is 480. The highest BCUT2D eigenvalue weighted by Gasteiger charge is 2.01. The van der Waals surface area contributed by atoms with Crippen LogP contribution in [0.2, 0.25) is 0 Å². The third-order valence-corrected chi connectivity index (χ3v) is 3.41. The van der Waals surface area contributed by atoms with Crippen LogP contribution in [0, 0.1) is 13.8 Å². The summed E-state index contributed by atoms with van der Waals surface area (Å²) >= 11 is 5.04. The minimum Gasteiger partial charge on any atom is -0.202 e. The highest BCUT2D eigenvalue weighted by molar-refractivity contribution is 9.11. The molecule has 0 atom stereocenters. The van der Waals surface area contributed by atoms with Crippen LogP contribution < -0.4 is 0 Å². The van der Waals surface area contributed by atoms with Gasteiger partial charge in [-0.2, -0.15) is 5.10 Å². The van der Waals surface area contributed by atoms with Gasteiger partial charge in [0.25, 0.3) is 0 Å². The smallest absolute Gasteiger partial charge is 0.151 e. The summed E-state index contributed by atoms with van der Waals surface area (Å²) < 4.78 is 2.81. The molecule has 0 aliphatic carbocycles.